The summed E-state index contributed by atoms with van der Waals surface area (Å²) in [6.45, 7) is 1.49. The highest BCUT2D eigenvalue weighted by atomic mass is 35.5. The van der Waals surface area contributed by atoms with Crippen LogP contribution in [0.5, 0.6) is 0 Å². The molecular weight excluding hydrogens is 318 g/mol. The van der Waals surface area contributed by atoms with E-state index in [1.165, 1.54) is 19.3 Å². The van der Waals surface area contributed by atoms with Crippen molar-refractivity contribution in [2.45, 2.75) is 25.8 Å². The Morgan fingerprint density at radius 1 is 1.08 bits per heavy atom. The van der Waals surface area contributed by atoms with Crippen LogP contribution in [0.2, 0.25) is 5.02 Å². The van der Waals surface area contributed by atoms with E-state index in [2.05, 4.69) is 12.1 Å². The first kappa shape index (κ1) is 16.8. The molecule has 1 amide bonds. The second-order valence-electron chi connectivity index (χ2n) is 6.36. The number of carbonyl (C=O) groups excluding carboxylic acids is 1. The zero-order chi connectivity index (χ0) is 16.8. The number of rotatable bonds is 6. The van der Waals surface area contributed by atoms with Crippen LogP contribution in [0.3, 0.4) is 0 Å². The Morgan fingerprint density at radius 3 is 2.46 bits per heavy atom. The first-order valence-electron chi connectivity index (χ1n) is 8.48. The molecule has 2 aromatic carbocycles. The van der Waals surface area contributed by atoms with Gasteiger partial charge in [0.1, 0.15) is 0 Å². The summed E-state index contributed by atoms with van der Waals surface area (Å²) in [7, 11) is 0. The van der Waals surface area contributed by atoms with E-state index in [4.69, 9.17) is 11.6 Å². The maximum absolute atomic E-state index is 12.7. The third-order valence-electron chi connectivity index (χ3n) is 4.54. The highest BCUT2D eigenvalue weighted by Gasteiger charge is 2.22. The normalized spacial score (nSPS) is 14.5. The smallest absolute Gasteiger partial charge is 0.246 e. The Morgan fingerprint density at radius 2 is 1.79 bits per heavy atom. The van der Waals surface area contributed by atoms with Crippen LogP contribution in [0.4, 0.5) is 0 Å². The van der Waals surface area contributed by atoms with Gasteiger partial charge in [0.2, 0.25) is 5.91 Å². The van der Waals surface area contributed by atoms with E-state index in [-0.39, 0.29) is 5.91 Å². The molecule has 0 heterocycles. The van der Waals surface area contributed by atoms with Crippen LogP contribution in [0, 0.1) is 5.92 Å². The molecule has 0 N–H and O–H groups in total. The fraction of sp³-hybridized carbons (Fsp3) is 0.286. The molecule has 0 spiro atoms. The molecule has 0 aromatic heterocycles. The van der Waals surface area contributed by atoms with Gasteiger partial charge in [-0.15, -0.1) is 0 Å². The van der Waals surface area contributed by atoms with E-state index in [1.807, 2.05) is 53.4 Å². The first-order chi connectivity index (χ1) is 11.7. The molecule has 1 saturated carbocycles. The maximum Gasteiger partial charge on any atom is 0.246 e. The average Bonchev–Trinajstić information content (AvgIpc) is 2.57. The van der Waals surface area contributed by atoms with E-state index >= 15 is 0 Å². The summed E-state index contributed by atoms with van der Waals surface area (Å²) in [6.07, 6.45) is 7.19. The van der Waals surface area contributed by atoms with Crippen LogP contribution in [0.15, 0.2) is 60.7 Å². The van der Waals surface area contributed by atoms with Gasteiger partial charge in [0.05, 0.1) is 0 Å². The minimum absolute atomic E-state index is 0.0469. The van der Waals surface area contributed by atoms with E-state index in [0.29, 0.717) is 17.5 Å². The molecule has 1 aliphatic rings. The van der Waals surface area contributed by atoms with E-state index in [0.717, 1.165) is 17.7 Å². The number of hydrogen-bond donors (Lipinski definition) is 0. The standard InChI is InChI=1S/C21H22ClNO/c22-20-12-5-4-11-19(20)13-14-21(24)23(16-18-9-6-10-18)15-17-7-2-1-3-8-17/h1-5,7-8,11-14,18H,6,9-10,15-16H2/b14-13+. The molecule has 0 saturated heterocycles. The lowest BCUT2D eigenvalue weighted by Crippen LogP contribution is -2.36. The highest BCUT2D eigenvalue weighted by molar-refractivity contribution is 6.32. The third-order valence-corrected chi connectivity index (χ3v) is 4.89. The van der Waals surface area contributed by atoms with Crippen molar-refractivity contribution in [1.29, 1.82) is 0 Å². The summed E-state index contributed by atoms with van der Waals surface area (Å²) in [5.74, 6) is 0.692. The van der Waals surface area contributed by atoms with Crippen molar-refractivity contribution in [1.82, 2.24) is 4.90 Å². The molecule has 0 unspecified atom stereocenters. The van der Waals surface area contributed by atoms with Gasteiger partial charge < -0.3 is 4.90 Å². The predicted molar refractivity (Wildman–Crippen MR) is 99.7 cm³/mol. The van der Waals surface area contributed by atoms with Crippen LogP contribution in [0.25, 0.3) is 6.08 Å². The Balaban J connectivity index is 1.71. The lowest BCUT2D eigenvalue weighted by Gasteiger charge is -2.32. The molecule has 3 heteroatoms. The number of benzene rings is 2. The van der Waals surface area contributed by atoms with E-state index in [1.54, 1.807) is 6.08 Å². The Bertz CT molecular complexity index is 707. The topological polar surface area (TPSA) is 20.3 Å². The lowest BCUT2D eigenvalue weighted by molar-refractivity contribution is -0.127. The highest BCUT2D eigenvalue weighted by Crippen LogP contribution is 2.28. The summed E-state index contributed by atoms with van der Waals surface area (Å²) in [5.41, 5.74) is 2.03. The minimum atomic E-state index is 0.0469. The van der Waals surface area contributed by atoms with Gasteiger partial charge in [0.25, 0.3) is 0 Å². The molecular formula is C21H22ClNO. The van der Waals surface area contributed by atoms with Crippen molar-refractivity contribution in [3.05, 3.63) is 76.8 Å². The fourth-order valence-corrected chi connectivity index (χ4v) is 3.10. The first-order valence-corrected chi connectivity index (χ1v) is 8.85. The summed E-state index contributed by atoms with van der Waals surface area (Å²) in [4.78, 5) is 14.7. The molecule has 124 valence electrons. The van der Waals surface area contributed by atoms with Crippen LogP contribution in [0.1, 0.15) is 30.4 Å². The predicted octanol–water partition coefficient (Wildman–Crippen LogP) is 5.18. The second-order valence-corrected chi connectivity index (χ2v) is 6.76. The second kappa shape index (κ2) is 8.16. The van der Waals surface area contributed by atoms with Crippen molar-refractivity contribution in [2.75, 3.05) is 6.54 Å². The molecule has 0 atom stereocenters. The summed E-state index contributed by atoms with van der Waals surface area (Å²) >= 11 is 6.16. The monoisotopic (exact) mass is 339 g/mol. The number of amides is 1. The average molecular weight is 340 g/mol. The third kappa shape index (κ3) is 4.48. The minimum Gasteiger partial charge on any atom is -0.335 e. The van der Waals surface area contributed by atoms with Gasteiger partial charge in [0.15, 0.2) is 0 Å². The van der Waals surface area contributed by atoms with Crippen LogP contribution < -0.4 is 0 Å². The van der Waals surface area contributed by atoms with Gasteiger partial charge in [-0.2, -0.15) is 0 Å². The van der Waals surface area contributed by atoms with Gasteiger partial charge in [-0.25, -0.2) is 0 Å². The Labute approximate surface area is 148 Å². The van der Waals surface area contributed by atoms with Crippen molar-refractivity contribution in [3.8, 4) is 0 Å². The maximum atomic E-state index is 12.7. The van der Waals surface area contributed by atoms with Gasteiger partial charge in [-0.3, -0.25) is 4.79 Å². The number of nitrogens with zero attached hydrogens (tertiary/aromatic N) is 1. The van der Waals surface area contributed by atoms with Crippen molar-refractivity contribution in [2.24, 2.45) is 5.92 Å². The summed E-state index contributed by atoms with van der Waals surface area (Å²) in [6, 6.07) is 17.7. The Hall–Kier alpha value is -2.06. The molecule has 2 aromatic rings. The molecule has 1 fully saturated rings. The molecule has 2 nitrogen and oxygen atoms in total. The van der Waals surface area contributed by atoms with Gasteiger partial charge in [0, 0.05) is 24.2 Å². The van der Waals surface area contributed by atoms with Gasteiger partial charge >= 0.3 is 0 Å². The number of carbonyl (C=O) groups is 1. The number of halogens is 1. The van der Waals surface area contributed by atoms with E-state index < -0.39 is 0 Å². The van der Waals surface area contributed by atoms with E-state index in [9.17, 15) is 4.79 Å². The molecule has 0 radical (unpaired) electrons. The fourth-order valence-electron chi connectivity index (χ4n) is 2.90. The Kier molecular flexibility index (Phi) is 5.71. The molecule has 24 heavy (non-hydrogen) atoms. The van der Waals surface area contributed by atoms with Crippen molar-refractivity contribution >= 4 is 23.6 Å². The summed E-state index contributed by atoms with van der Waals surface area (Å²) < 4.78 is 0. The zero-order valence-corrected chi connectivity index (χ0v) is 14.5. The van der Waals surface area contributed by atoms with Crippen LogP contribution in [-0.2, 0) is 11.3 Å². The largest absolute Gasteiger partial charge is 0.335 e. The van der Waals surface area contributed by atoms with Gasteiger partial charge in [-0.1, -0.05) is 66.6 Å². The SMILES string of the molecule is O=C(/C=C/c1ccccc1Cl)N(Cc1ccccc1)CC1CCC1. The van der Waals surface area contributed by atoms with Crippen LogP contribution in [-0.4, -0.2) is 17.4 Å². The zero-order valence-electron chi connectivity index (χ0n) is 13.7. The molecule has 3 rings (SSSR count). The van der Waals surface area contributed by atoms with Gasteiger partial charge in [-0.05, 0) is 42.0 Å². The number of hydrogen-bond acceptors (Lipinski definition) is 1. The van der Waals surface area contributed by atoms with Crippen molar-refractivity contribution < 1.29 is 4.79 Å². The molecule has 0 aliphatic heterocycles. The van der Waals surface area contributed by atoms with Crippen molar-refractivity contribution in [3.63, 3.8) is 0 Å². The quantitative estimate of drug-likeness (QED) is 0.664. The summed E-state index contributed by atoms with van der Waals surface area (Å²) in [5, 5.41) is 0.662. The lowest BCUT2D eigenvalue weighted by atomic mass is 9.85. The molecule has 1 aliphatic carbocycles. The van der Waals surface area contributed by atoms with Crippen LogP contribution >= 0.6 is 11.6 Å². The molecule has 0 bridgehead atoms.